The molecule has 3 heteroatoms. The van der Waals surface area contributed by atoms with Gasteiger partial charge < -0.3 is 10.2 Å². The van der Waals surface area contributed by atoms with Gasteiger partial charge in [0.1, 0.15) is 0 Å². The van der Waals surface area contributed by atoms with Crippen LogP contribution in [0.15, 0.2) is 18.2 Å². The van der Waals surface area contributed by atoms with Crippen LogP contribution in [0.4, 0.5) is 5.69 Å². The summed E-state index contributed by atoms with van der Waals surface area (Å²) in [4.78, 5) is 14.2. The van der Waals surface area contributed by atoms with Gasteiger partial charge in [0, 0.05) is 31.7 Å². The van der Waals surface area contributed by atoms with Crippen LogP contribution in [0.25, 0.3) is 0 Å². The molecule has 0 bridgehead atoms. The number of amides is 1. The summed E-state index contributed by atoms with van der Waals surface area (Å²) in [5.41, 5.74) is 3.80. The summed E-state index contributed by atoms with van der Waals surface area (Å²) in [6.45, 7) is 9.15. The third-order valence-electron chi connectivity index (χ3n) is 4.28. The van der Waals surface area contributed by atoms with Crippen molar-refractivity contribution < 1.29 is 4.79 Å². The van der Waals surface area contributed by atoms with Gasteiger partial charge in [0.15, 0.2) is 0 Å². The Morgan fingerprint density at radius 1 is 1.24 bits per heavy atom. The van der Waals surface area contributed by atoms with E-state index in [0.29, 0.717) is 18.2 Å². The van der Waals surface area contributed by atoms with Crippen LogP contribution >= 0.6 is 0 Å². The molecule has 1 aromatic rings. The maximum Gasteiger partial charge on any atom is 0.224 e. The molecule has 3 nitrogen and oxygen atoms in total. The van der Waals surface area contributed by atoms with Crippen molar-refractivity contribution in [1.82, 2.24) is 4.90 Å². The van der Waals surface area contributed by atoms with Crippen LogP contribution in [0.5, 0.6) is 0 Å². The van der Waals surface area contributed by atoms with Crippen molar-refractivity contribution in [3.8, 4) is 0 Å². The standard InChI is InChI=1S/C18H28N2O/c1-14(2)16-9-7-8-15(3)18(16)19-11-10-17(21)20-12-5-4-6-13-20/h7-9,14,19H,4-6,10-13H2,1-3H3. The van der Waals surface area contributed by atoms with Crippen LogP contribution in [0, 0.1) is 6.92 Å². The van der Waals surface area contributed by atoms with Gasteiger partial charge in [-0.05, 0) is 43.2 Å². The van der Waals surface area contributed by atoms with Gasteiger partial charge in [-0.15, -0.1) is 0 Å². The number of hydrogen-bond acceptors (Lipinski definition) is 2. The van der Waals surface area contributed by atoms with E-state index in [1.54, 1.807) is 0 Å². The molecule has 1 aliphatic rings. The lowest BCUT2D eigenvalue weighted by atomic mass is 9.98. The lowest BCUT2D eigenvalue weighted by Crippen LogP contribution is -2.36. The topological polar surface area (TPSA) is 32.3 Å². The molecule has 0 radical (unpaired) electrons. The van der Waals surface area contributed by atoms with Gasteiger partial charge in [0.25, 0.3) is 0 Å². The molecule has 1 aliphatic heterocycles. The summed E-state index contributed by atoms with van der Waals surface area (Å²) in [5.74, 6) is 0.784. The molecule has 0 unspecified atom stereocenters. The van der Waals surface area contributed by atoms with E-state index in [1.807, 2.05) is 4.90 Å². The van der Waals surface area contributed by atoms with Crippen LogP contribution < -0.4 is 5.32 Å². The van der Waals surface area contributed by atoms with Crippen LogP contribution in [-0.2, 0) is 4.79 Å². The molecule has 0 aliphatic carbocycles. The molecule has 0 aromatic heterocycles. The lowest BCUT2D eigenvalue weighted by Gasteiger charge is -2.27. The molecule has 0 atom stereocenters. The molecule has 2 rings (SSSR count). The Morgan fingerprint density at radius 3 is 2.62 bits per heavy atom. The lowest BCUT2D eigenvalue weighted by molar-refractivity contribution is -0.131. The molecule has 0 saturated carbocycles. The maximum atomic E-state index is 12.2. The van der Waals surface area contributed by atoms with E-state index in [-0.39, 0.29) is 0 Å². The van der Waals surface area contributed by atoms with Crippen molar-refractivity contribution in [2.45, 2.75) is 52.4 Å². The molecule has 1 heterocycles. The SMILES string of the molecule is Cc1cccc(C(C)C)c1NCCC(=O)N1CCCCC1. The molecule has 116 valence electrons. The average Bonchev–Trinajstić information content (AvgIpc) is 2.49. The number of likely N-dealkylation sites (tertiary alicyclic amines) is 1. The molecular weight excluding hydrogens is 260 g/mol. The second-order valence-electron chi connectivity index (χ2n) is 6.31. The van der Waals surface area contributed by atoms with Crippen LogP contribution in [0.1, 0.15) is 56.6 Å². The van der Waals surface area contributed by atoms with Gasteiger partial charge in [-0.2, -0.15) is 0 Å². The normalized spacial score (nSPS) is 15.3. The molecule has 1 aromatic carbocycles. The number of nitrogens with one attached hydrogen (secondary N) is 1. The summed E-state index contributed by atoms with van der Waals surface area (Å²) in [6, 6.07) is 6.40. The number of aryl methyl sites for hydroxylation is 1. The molecule has 1 amide bonds. The fourth-order valence-electron chi connectivity index (χ4n) is 3.01. The number of nitrogens with zero attached hydrogens (tertiary/aromatic N) is 1. The Labute approximate surface area is 128 Å². The zero-order chi connectivity index (χ0) is 15.2. The van der Waals surface area contributed by atoms with Gasteiger partial charge in [-0.25, -0.2) is 0 Å². The predicted molar refractivity (Wildman–Crippen MR) is 88.8 cm³/mol. The zero-order valence-electron chi connectivity index (χ0n) is 13.6. The summed E-state index contributed by atoms with van der Waals surface area (Å²) >= 11 is 0. The van der Waals surface area contributed by atoms with Crippen LogP contribution in [0.2, 0.25) is 0 Å². The van der Waals surface area contributed by atoms with Crippen molar-refractivity contribution in [3.63, 3.8) is 0 Å². The Hall–Kier alpha value is -1.51. The third kappa shape index (κ3) is 4.23. The predicted octanol–water partition coefficient (Wildman–Crippen LogP) is 3.93. The van der Waals surface area contributed by atoms with E-state index in [2.05, 4.69) is 44.3 Å². The zero-order valence-corrected chi connectivity index (χ0v) is 13.6. The fraction of sp³-hybridized carbons (Fsp3) is 0.611. The Morgan fingerprint density at radius 2 is 1.95 bits per heavy atom. The van der Waals surface area contributed by atoms with Gasteiger partial charge >= 0.3 is 0 Å². The first-order chi connectivity index (χ1) is 10.1. The van der Waals surface area contributed by atoms with Gasteiger partial charge in [0.2, 0.25) is 5.91 Å². The number of hydrogen-bond donors (Lipinski definition) is 1. The highest BCUT2D eigenvalue weighted by atomic mass is 16.2. The highest BCUT2D eigenvalue weighted by Gasteiger charge is 2.16. The van der Waals surface area contributed by atoms with E-state index in [1.165, 1.54) is 23.2 Å². The smallest absolute Gasteiger partial charge is 0.224 e. The minimum Gasteiger partial charge on any atom is -0.384 e. The first-order valence-corrected chi connectivity index (χ1v) is 8.20. The summed E-state index contributed by atoms with van der Waals surface area (Å²) in [6.07, 6.45) is 4.18. The van der Waals surface area contributed by atoms with Crippen molar-refractivity contribution in [2.24, 2.45) is 0 Å². The Balaban J connectivity index is 1.90. The fourth-order valence-corrected chi connectivity index (χ4v) is 3.01. The van der Waals surface area contributed by atoms with Gasteiger partial charge in [0.05, 0.1) is 0 Å². The van der Waals surface area contributed by atoms with Crippen molar-refractivity contribution in [1.29, 1.82) is 0 Å². The van der Waals surface area contributed by atoms with Crippen molar-refractivity contribution in [3.05, 3.63) is 29.3 Å². The Kier molecular flexibility index (Phi) is 5.66. The maximum absolute atomic E-state index is 12.2. The monoisotopic (exact) mass is 288 g/mol. The molecule has 0 spiro atoms. The Bertz CT molecular complexity index is 476. The van der Waals surface area contributed by atoms with E-state index in [4.69, 9.17) is 0 Å². The average molecular weight is 288 g/mol. The quantitative estimate of drug-likeness (QED) is 0.890. The number of carbonyl (C=O) groups is 1. The highest BCUT2D eigenvalue weighted by molar-refractivity contribution is 5.77. The van der Waals surface area contributed by atoms with E-state index in [9.17, 15) is 4.79 Å². The number of piperidine rings is 1. The van der Waals surface area contributed by atoms with Gasteiger partial charge in [-0.1, -0.05) is 32.0 Å². The van der Waals surface area contributed by atoms with Gasteiger partial charge in [-0.3, -0.25) is 4.79 Å². The third-order valence-corrected chi connectivity index (χ3v) is 4.28. The first-order valence-electron chi connectivity index (χ1n) is 8.20. The largest absolute Gasteiger partial charge is 0.384 e. The summed E-state index contributed by atoms with van der Waals surface area (Å²) in [7, 11) is 0. The number of benzene rings is 1. The van der Waals surface area contributed by atoms with Crippen molar-refractivity contribution in [2.75, 3.05) is 25.0 Å². The van der Waals surface area contributed by atoms with E-state index >= 15 is 0 Å². The minimum atomic E-state index is 0.293. The van der Waals surface area contributed by atoms with E-state index < -0.39 is 0 Å². The summed E-state index contributed by atoms with van der Waals surface area (Å²) in [5, 5.41) is 3.49. The van der Waals surface area contributed by atoms with Crippen LogP contribution in [-0.4, -0.2) is 30.4 Å². The van der Waals surface area contributed by atoms with Crippen molar-refractivity contribution >= 4 is 11.6 Å². The second kappa shape index (κ2) is 7.48. The van der Waals surface area contributed by atoms with Crippen LogP contribution in [0.3, 0.4) is 0 Å². The molecule has 1 N–H and O–H groups in total. The number of carbonyl (C=O) groups excluding carboxylic acids is 1. The molecule has 1 saturated heterocycles. The first kappa shape index (κ1) is 15.9. The molecular formula is C18H28N2O. The molecule has 21 heavy (non-hydrogen) atoms. The number of para-hydroxylation sites is 1. The van der Waals surface area contributed by atoms with E-state index in [0.717, 1.165) is 32.5 Å². The minimum absolute atomic E-state index is 0.293. The summed E-state index contributed by atoms with van der Waals surface area (Å²) < 4.78 is 0. The second-order valence-corrected chi connectivity index (χ2v) is 6.31. The number of anilines is 1. The molecule has 1 fully saturated rings. The number of rotatable bonds is 5. The highest BCUT2D eigenvalue weighted by Crippen LogP contribution is 2.27.